The smallest absolute Gasteiger partial charge is 0.277 e. The molecule has 0 N–H and O–H groups in total. The predicted octanol–water partition coefficient (Wildman–Crippen LogP) is 2.98. The molecule has 0 amide bonds. The quantitative estimate of drug-likeness (QED) is 0.461. The predicted molar refractivity (Wildman–Crippen MR) is 119 cm³/mol. The number of methoxy groups -OCH3 is 1. The lowest BCUT2D eigenvalue weighted by Gasteiger charge is -2.31. The maximum absolute atomic E-state index is 13.0. The highest BCUT2D eigenvalue weighted by atomic mass is 16.5. The molecule has 1 saturated heterocycles. The second-order valence-electron chi connectivity index (χ2n) is 8.24. The van der Waals surface area contributed by atoms with Crippen LogP contribution in [0.4, 0.5) is 0 Å². The van der Waals surface area contributed by atoms with Gasteiger partial charge < -0.3 is 13.8 Å². The Balaban J connectivity index is 1.35. The topological polar surface area (TPSA) is 90.7 Å². The first-order valence-electron chi connectivity index (χ1n) is 10.9. The van der Waals surface area contributed by atoms with Crippen molar-refractivity contribution in [1.29, 1.82) is 0 Å². The summed E-state index contributed by atoms with van der Waals surface area (Å²) in [5.74, 6) is 1.86. The Morgan fingerprint density at radius 3 is 2.78 bits per heavy atom. The van der Waals surface area contributed by atoms with Crippen LogP contribution in [-0.2, 0) is 13.1 Å². The summed E-state index contributed by atoms with van der Waals surface area (Å²) >= 11 is 0. The zero-order valence-corrected chi connectivity index (χ0v) is 18.3. The summed E-state index contributed by atoms with van der Waals surface area (Å²) in [5.41, 5.74) is 1.97. The molecular formula is C23H26N6O3. The summed E-state index contributed by atoms with van der Waals surface area (Å²) in [4.78, 5) is 19.9. The third-order valence-corrected chi connectivity index (χ3v) is 6.09. The number of ether oxygens (including phenoxy) is 1. The van der Waals surface area contributed by atoms with Crippen molar-refractivity contribution in [3.05, 3.63) is 64.8 Å². The molecule has 9 heteroatoms. The number of hydrogen-bond donors (Lipinski definition) is 0. The Morgan fingerprint density at radius 1 is 1.16 bits per heavy atom. The first kappa shape index (κ1) is 20.4. The van der Waals surface area contributed by atoms with Gasteiger partial charge in [0, 0.05) is 24.0 Å². The molecule has 1 aromatic carbocycles. The molecule has 1 aliphatic rings. The van der Waals surface area contributed by atoms with Gasteiger partial charge in [-0.15, -0.1) is 0 Å². The van der Waals surface area contributed by atoms with Gasteiger partial charge in [-0.25, -0.2) is 4.52 Å². The molecule has 3 aromatic heterocycles. The fraction of sp³-hybridized carbons (Fsp3) is 0.391. The van der Waals surface area contributed by atoms with Crippen LogP contribution in [0.3, 0.4) is 0 Å². The van der Waals surface area contributed by atoms with Crippen molar-refractivity contribution in [2.45, 2.75) is 45.3 Å². The molecule has 0 radical (unpaired) electrons. The van der Waals surface area contributed by atoms with Gasteiger partial charge in [-0.1, -0.05) is 11.6 Å². The number of rotatable bonds is 6. The average molecular weight is 435 g/mol. The Kier molecular flexibility index (Phi) is 5.48. The van der Waals surface area contributed by atoms with Gasteiger partial charge in [0.1, 0.15) is 11.3 Å². The van der Waals surface area contributed by atoms with E-state index in [-0.39, 0.29) is 12.1 Å². The fourth-order valence-electron chi connectivity index (χ4n) is 4.19. The maximum Gasteiger partial charge on any atom is 0.277 e. The van der Waals surface area contributed by atoms with Crippen LogP contribution in [0.2, 0.25) is 0 Å². The molecule has 32 heavy (non-hydrogen) atoms. The molecular weight excluding hydrogens is 408 g/mol. The molecule has 0 saturated carbocycles. The summed E-state index contributed by atoms with van der Waals surface area (Å²) < 4.78 is 13.8. The minimum Gasteiger partial charge on any atom is -0.497 e. The van der Waals surface area contributed by atoms with E-state index < -0.39 is 0 Å². The molecule has 4 aromatic rings. The molecule has 1 fully saturated rings. The van der Waals surface area contributed by atoms with Gasteiger partial charge in [0.05, 0.1) is 25.9 Å². The highest BCUT2D eigenvalue weighted by molar-refractivity contribution is 5.66. The minimum absolute atomic E-state index is 0.157. The Hall–Kier alpha value is -3.46. The van der Waals surface area contributed by atoms with Crippen molar-refractivity contribution in [3.8, 4) is 17.0 Å². The van der Waals surface area contributed by atoms with Crippen LogP contribution >= 0.6 is 0 Å². The first-order valence-corrected chi connectivity index (χ1v) is 10.9. The van der Waals surface area contributed by atoms with E-state index in [0.717, 1.165) is 23.6 Å². The van der Waals surface area contributed by atoms with Gasteiger partial charge in [0.2, 0.25) is 5.89 Å². The van der Waals surface area contributed by atoms with Crippen LogP contribution in [0.25, 0.3) is 16.8 Å². The summed E-state index contributed by atoms with van der Waals surface area (Å²) in [6, 6.07) is 9.89. The van der Waals surface area contributed by atoms with E-state index in [9.17, 15) is 4.79 Å². The van der Waals surface area contributed by atoms with Crippen LogP contribution in [0.5, 0.6) is 5.75 Å². The molecule has 166 valence electrons. The van der Waals surface area contributed by atoms with Crippen LogP contribution in [-0.4, -0.2) is 48.9 Å². The van der Waals surface area contributed by atoms with Gasteiger partial charge in [-0.05, 0) is 56.6 Å². The Labute approximate surface area is 185 Å². The lowest BCUT2D eigenvalue weighted by molar-refractivity contribution is 0.135. The molecule has 5 rings (SSSR count). The van der Waals surface area contributed by atoms with E-state index in [1.54, 1.807) is 34.7 Å². The number of benzene rings is 1. The van der Waals surface area contributed by atoms with Crippen LogP contribution < -0.4 is 10.3 Å². The van der Waals surface area contributed by atoms with E-state index in [2.05, 4.69) is 27.1 Å². The van der Waals surface area contributed by atoms with Crippen molar-refractivity contribution in [3.63, 3.8) is 0 Å². The summed E-state index contributed by atoms with van der Waals surface area (Å²) in [6.07, 6.45) is 7.13. The van der Waals surface area contributed by atoms with E-state index in [0.29, 0.717) is 29.8 Å². The highest BCUT2D eigenvalue weighted by Crippen LogP contribution is 2.22. The van der Waals surface area contributed by atoms with Crippen molar-refractivity contribution in [2.75, 3.05) is 13.7 Å². The van der Waals surface area contributed by atoms with Crippen LogP contribution in [0, 0.1) is 0 Å². The van der Waals surface area contributed by atoms with E-state index in [1.165, 1.54) is 19.3 Å². The average Bonchev–Trinajstić information content (AvgIpc) is 3.45. The lowest BCUT2D eigenvalue weighted by atomic mass is 10.0. The Morgan fingerprint density at radius 2 is 2.00 bits per heavy atom. The summed E-state index contributed by atoms with van der Waals surface area (Å²) in [5, 5.41) is 8.62. The van der Waals surface area contributed by atoms with Crippen molar-refractivity contribution in [2.24, 2.45) is 0 Å². The first-order chi connectivity index (χ1) is 15.6. The van der Waals surface area contributed by atoms with Gasteiger partial charge in [0.25, 0.3) is 5.56 Å². The maximum atomic E-state index is 13.0. The third-order valence-electron chi connectivity index (χ3n) is 6.09. The number of piperidine rings is 1. The van der Waals surface area contributed by atoms with Gasteiger partial charge >= 0.3 is 0 Å². The summed E-state index contributed by atoms with van der Waals surface area (Å²) in [7, 11) is 1.63. The van der Waals surface area contributed by atoms with Gasteiger partial charge in [-0.3, -0.25) is 9.69 Å². The molecule has 0 aliphatic carbocycles. The minimum atomic E-state index is -0.157. The second-order valence-corrected chi connectivity index (χ2v) is 8.24. The molecule has 4 heterocycles. The second kappa shape index (κ2) is 8.58. The molecule has 0 bridgehead atoms. The molecule has 1 atom stereocenters. The van der Waals surface area contributed by atoms with Gasteiger partial charge in [0.15, 0.2) is 5.82 Å². The third kappa shape index (κ3) is 4.03. The zero-order chi connectivity index (χ0) is 22.1. The van der Waals surface area contributed by atoms with Crippen molar-refractivity contribution < 1.29 is 9.26 Å². The lowest BCUT2D eigenvalue weighted by Crippen LogP contribution is -2.36. The largest absolute Gasteiger partial charge is 0.497 e. The number of aromatic nitrogens is 5. The van der Waals surface area contributed by atoms with Crippen LogP contribution in [0.1, 0.15) is 37.9 Å². The molecule has 1 aliphatic heterocycles. The normalized spacial score (nSPS) is 17.1. The van der Waals surface area contributed by atoms with Crippen molar-refractivity contribution in [1.82, 2.24) is 29.2 Å². The number of fused-ring (bicyclic) bond motifs is 1. The summed E-state index contributed by atoms with van der Waals surface area (Å²) in [6.45, 7) is 4.18. The van der Waals surface area contributed by atoms with E-state index in [1.807, 2.05) is 24.3 Å². The number of nitrogens with zero attached hydrogens (tertiary/aromatic N) is 6. The van der Waals surface area contributed by atoms with Crippen molar-refractivity contribution >= 4 is 5.52 Å². The number of likely N-dealkylation sites (tertiary alicyclic amines) is 1. The SMILES string of the molecule is COc1ccc(-c2cc3c(=O)n(Cc4noc(CN5CCCC[C@H]5C)n4)ccn3n2)cc1. The van der Waals surface area contributed by atoms with E-state index >= 15 is 0 Å². The highest BCUT2D eigenvalue weighted by Gasteiger charge is 2.21. The zero-order valence-electron chi connectivity index (χ0n) is 18.3. The van der Waals surface area contributed by atoms with Gasteiger partial charge in [-0.2, -0.15) is 10.1 Å². The fourth-order valence-corrected chi connectivity index (χ4v) is 4.19. The number of hydrogen-bond acceptors (Lipinski definition) is 7. The van der Waals surface area contributed by atoms with E-state index in [4.69, 9.17) is 9.26 Å². The molecule has 0 unspecified atom stereocenters. The molecule has 9 nitrogen and oxygen atoms in total. The molecule has 0 spiro atoms. The standard InChI is InChI=1S/C23H26N6O3/c1-16-5-3-4-10-27(16)15-22-24-21(26-32-22)14-28-11-12-29-20(23(28)30)13-19(25-29)17-6-8-18(31-2)9-7-17/h6-9,11-13,16H,3-5,10,14-15H2,1-2H3/t16-/m1/s1. The monoisotopic (exact) mass is 434 g/mol. The Bertz CT molecular complexity index is 1270. The van der Waals surface area contributed by atoms with Crippen LogP contribution in [0.15, 0.2) is 52.0 Å².